The van der Waals surface area contributed by atoms with Crippen LogP contribution < -0.4 is 5.73 Å². The van der Waals surface area contributed by atoms with Gasteiger partial charge in [-0.05, 0) is 37.9 Å². The van der Waals surface area contributed by atoms with Gasteiger partial charge in [0.2, 0.25) is 0 Å². The van der Waals surface area contributed by atoms with Gasteiger partial charge in [0.05, 0.1) is 9.83 Å². The number of thiophene rings is 1. The first-order valence-corrected chi connectivity index (χ1v) is 5.31. The lowest BCUT2D eigenvalue weighted by atomic mass is 10.3. The number of hydrogen-bond donors (Lipinski definition) is 1. The van der Waals surface area contributed by atoms with E-state index in [1.807, 2.05) is 6.07 Å². The molecule has 0 aliphatic heterocycles. The van der Waals surface area contributed by atoms with Crippen molar-refractivity contribution in [3.63, 3.8) is 0 Å². The molecule has 1 nitrogen and oxygen atoms in total. The summed E-state index contributed by atoms with van der Waals surface area (Å²) in [5.74, 6) is 0. The molecule has 1 aromatic heterocycles. The second kappa shape index (κ2) is 5.54. The molecule has 2 N–H and O–H groups in total. The Hall–Kier alpha value is 0.840. The van der Waals surface area contributed by atoms with E-state index in [0.717, 1.165) is 13.1 Å². The number of halogens is 4. The van der Waals surface area contributed by atoms with E-state index in [2.05, 4.69) is 31.9 Å². The molecule has 0 fully saturated rings. The molecule has 0 amide bonds. The molecule has 0 unspecified atom stereocenters. The van der Waals surface area contributed by atoms with E-state index in [0.29, 0.717) is 0 Å². The van der Waals surface area contributed by atoms with Crippen molar-refractivity contribution in [2.45, 2.75) is 6.04 Å². The zero-order valence-corrected chi connectivity index (χ0v) is 10.7. The number of nitrogens with two attached hydrogens (primary N) is 1. The second-order valence-corrected chi connectivity index (χ2v) is 5.29. The lowest BCUT2D eigenvalue weighted by molar-refractivity contribution is 0.440. The largest absolute Gasteiger partial charge is 0.321 e. The van der Waals surface area contributed by atoms with Crippen molar-refractivity contribution < 1.29 is 4.39 Å². The van der Waals surface area contributed by atoms with Gasteiger partial charge in [0, 0.05) is 9.35 Å². The molecule has 1 aromatic rings. The summed E-state index contributed by atoms with van der Waals surface area (Å²) in [6, 6.07) is 1.35. The van der Waals surface area contributed by atoms with E-state index < -0.39 is 12.7 Å². The van der Waals surface area contributed by atoms with Crippen LogP contribution in [-0.4, -0.2) is 6.67 Å². The molecule has 1 rings (SSSR count). The Kier molecular flexibility index (Phi) is 5.93. The fraction of sp³-hybridized carbons (Fsp3) is 0.333. The fourth-order valence-corrected chi connectivity index (χ4v) is 2.69. The highest BCUT2D eigenvalue weighted by Crippen LogP contribution is 2.34. The highest BCUT2D eigenvalue weighted by atomic mass is 79.9. The van der Waals surface area contributed by atoms with E-state index in [1.165, 1.54) is 11.3 Å². The maximum atomic E-state index is 12.1. The first-order valence-electron chi connectivity index (χ1n) is 2.91. The van der Waals surface area contributed by atoms with Crippen molar-refractivity contribution in [1.29, 1.82) is 0 Å². The highest BCUT2D eigenvalue weighted by molar-refractivity contribution is 9.13. The van der Waals surface area contributed by atoms with Crippen LogP contribution >= 0.6 is 55.6 Å². The van der Waals surface area contributed by atoms with Crippen LogP contribution in [0.15, 0.2) is 14.3 Å². The van der Waals surface area contributed by atoms with Gasteiger partial charge in [-0.1, -0.05) is 0 Å². The van der Waals surface area contributed by atoms with Gasteiger partial charge < -0.3 is 5.73 Å². The number of hydrogen-bond acceptors (Lipinski definition) is 2. The minimum atomic E-state index is -0.514. The summed E-state index contributed by atoms with van der Waals surface area (Å²) in [5, 5.41) is 0. The Balaban J connectivity index is 0.00000121. The van der Waals surface area contributed by atoms with Crippen LogP contribution in [0.1, 0.15) is 10.9 Å². The van der Waals surface area contributed by atoms with Gasteiger partial charge in [0.1, 0.15) is 6.67 Å². The minimum absolute atomic E-state index is 0. The molecule has 0 aliphatic rings. The van der Waals surface area contributed by atoms with E-state index in [1.54, 1.807) is 0 Å². The SMILES string of the molecule is Cl.N[C@@H](CF)c1cc(Br)c(Br)s1. The van der Waals surface area contributed by atoms with Crippen LogP contribution in [0.25, 0.3) is 0 Å². The van der Waals surface area contributed by atoms with Crippen molar-refractivity contribution in [2.75, 3.05) is 6.67 Å². The highest BCUT2D eigenvalue weighted by Gasteiger charge is 2.10. The van der Waals surface area contributed by atoms with Gasteiger partial charge >= 0.3 is 0 Å². The average molecular weight is 339 g/mol. The molecule has 1 atom stereocenters. The standard InChI is InChI=1S/C6H6Br2FNS.ClH/c7-3-1-5(4(10)2-9)11-6(3)8;/h1,4H,2,10H2;1H/t4-;/m0./s1. The van der Waals surface area contributed by atoms with Crippen molar-refractivity contribution in [2.24, 2.45) is 5.73 Å². The zero-order valence-electron chi connectivity index (χ0n) is 5.89. The molecule has 0 radical (unpaired) electrons. The first kappa shape index (κ1) is 12.8. The van der Waals surface area contributed by atoms with Crippen molar-refractivity contribution in [1.82, 2.24) is 0 Å². The molecule has 0 spiro atoms. The van der Waals surface area contributed by atoms with E-state index in [-0.39, 0.29) is 12.4 Å². The van der Waals surface area contributed by atoms with Crippen LogP contribution in [-0.2, 0) is 0 Å². The van der Waals surface area contributed by atoms with Crippen LogP contribution in [0.4, 0.5) is 4.39 Å². The predicted octanol–water partition coefficient (Wildman–Crippen LogP) is 3.66. The Morgan fingerprint density at radius 1 is 1.58 bits per heavy atom. The molecule has 1 heterocycles. The van der Waals surface area contributed by atoms with Crippen LogP contribution in [0.3, 0.4) is 0 Å². The van der Waals surface area contributed by atoms with Gasteiger partial charge in [0.15, 0.2) is 0 Å². The van der Waals surface area contributed by atoms with Crippen molar-refractivity contribution in [3.05, 3.63) is 19.2 Å². The van der Waals surface area contributed by atoms with Crippen molar-refractivity contribution in [3.8, 4) is 0 Å². The van der Waals surface area contributed by atoms with Gasteiger partial charge in [-0.2, -0.15) is 0 Å². The summed E-state index contributed by atoms with van der Waals surface area (Å²) < 4.78 is 14.0. The molecular weight excluding hydrogens is 332 g/mol. The lowest BCUT2D eigenvalue weighted by Gasteiger charge is -2.00. The summed E-state index contributed by atoms with van der Waals surface area (Å²) in [6.07, 6.45) is 0. The summed E-state index contributed by atoms with van der Waals surface area (Å²) in [7, 11) is 0. The summed E-state index contributed by atoms with van der Waals surface area (Å²) in [5.41, 5.74) is 5.47. The average Bonchev–Trinajstić information content (AvgIpc) is 2.31. The monoisotopic (exact) mass is 337 g/mol. The number of rotatable bonds is 2. The normalized spacial score (nSPS) is 12.3. The Morgan fingerprint density at radius 2 is 2.17 bits per heavy atom. The molecule has 0 bridgehead atoms. The summed E-state index contributed by atoms with van der Waals surface area (Å²) >= 11 is 8.06. The van der Waals surface area contributed by atoms with Crippen LogP contribution in [0.5, 0.6) is 0 Å². The Labute approximate surface area is 97.2 Å². The Bertz CT molecular complexity index is 236. The second-order valence-electron chi connectivity index (χ2n) is 2.03. The molecule has 70 valence electrons. The summed E-state index contributed by atoms with van der Waals surface area (Å²) in [6.45, 7) is -0.514. The predicted molar refractivity (Wildman–Crippen MR) is 59.9 cm³/mol. The molecule has 0 aromatic carbocycles. The maximum Gasteiger partial charge on any atom is 0.109 e. The third-order valence-electron chi connectivity index (χ3n) is 1.20. The zero-order chi connectivity index (χ0) is 8.43. The molecule has 0 aliphatic carbocycles. The Morgan fingerprint density at radius 3 is 2.50 bits per heavy atom. The molecular formula is C6H7Br2ClFNS. The van der Waals surface area contributed by atoms with Crippen LogP contribution in [0.2, 0.25) is 0 Å². The molecule has 0 saturated heterocycles. The van der Waals surface area contributed by atoms with Gasteiger partial charge in [-0.15, -0.1) is 23.7 Å². The third kappa shape index (κ3) is 2.96. The third-order valence-corrected chi connectivity index (χ3v) is 4.58. The number of alkyl halides is 1. The van der Waals surface area contributed by atoms with Crippen molar-refractivity contribution >= 4 is 55.6 Å². The van der Waals surface area contributed by atoms with Gasteiger partial charge in [0.25, 0.3) is 0 Å². The summed E-state index contributed by atoms with van der Waals surface area (Å²) in [4.78, 5) is 0.853. The maximum absolute atomic E-state index is 12.1. The van der Waals surface area contributed by atoms with Gasteiger partial charge in [-0.25, -0.2) is 4.39 Å². The molecule has 12 heavy (non-hydrogen) atoms. The van der Waals surface area contributed by atoms with Gasteiger partial charge in [-0.3, -0.25) is 0 Å². The lowest BCUT2D eigenvalue weighted by Crippen LogP contribution is -2.09. The molecule has 6 heteroatoms. The van der Waals surface area contributed by atoms with Crippen LogP contribution in [0, 0.1) is 0 Å². The first-order chi connectivity index (χ1) is 5.15. The van der Waals surface area contributed by atoms with E-state index in [9.17, 15) is 4.39 Å². The van der Waals surface area contributed by atoms with E-state index in [4.69, 9.17) is 5.73 Å². The topological polar surface area (TPSA) is 26.0 Å². The smallest absolute Gasteiger partial charge is 0.109 e. The fourth-order valence-electron chi connectivity index (χ4n) is 0.622. The van der Waals surface area contributed by atoms with E-state index >= 15 is 0 Å². The minimum Gasteiger partial charge on any atom is -0.321 e. The quantitative estimate of drug-likeness (QED) is 0.874. The molecule has 0 saturated carbocycles.